The number of hydrogen-bond donors (Lipinski definition) is 2. The maximum absolute atomic E-state index is 12.2. The van der Waals surface area contributed by atoms with E-state index >= 15 is 0 Å². The second-order valence-corrected chi connectivity index (χ2v) is 8.82. The molecule has 3 rings (SSSR count). The monoisotopic (exact) mass is 447 g/mol. The Bertz CT molecular complexity index is 846. The van der Waals surface area contributed by atoms with E-state index in [4.69, 9.17) is 21.1 Å². The van der Waals surface area contributed by atoms with Gasteiger partial charge in [-0.05, 0) is 56.7 Å². The first kappa shape index (κ1) is 24.0. The number of rotatable bonds is 10. The van der Waals surface area contributed by atoms with Gasteiger partial charge in [0.25, 0.3) is 0 Å². The summed E-state index contributed by atoms with van der Waals surface area (Å²) in [4.78, 5) is 1.99. The summed E-state index contributed by atoms with van der Waals surface area (Å²) in [5.74, 6) is 1.20. The lowest BCUT2D eigenvalue weighted by Gasteiger charge is -2.43. The Labute approximate surface area is 190 Å². The molecule has 0 bridgehead atoms. The number of aliphatic hydroxyl groups excluding tert-OH is 1. The zero-order valence-electron chi connectivity index (χ0n) is 18.5. The third-order valence-corrected chi connectivity index (χ3v) is 6.57. The SMILES string of the molecule is COCCCCC(O)(c1cccc(Cl)c1Oc1ccccc1C)C1CCCN(CO)C1. The van der Waals surface area contributed by atoms with Crippen LogP contribution in [0.4, 0.5) is 0 Å². The first-order valence-electron chi connectivity index (χ1n) is 11.1. The minimum atomic E-state index is -1.12. The lowest BCUT2D eigenvalue weighted by Crippen LogP contribution is -2.46. The van der Waals surface area contributed by atoms with E-state index in [2.05, 4.69) is 0 Å². The Hall–Kier alpha value is -1.63. The number of aliphatic hydroxyl groups is 2. The number of ether oxygens (including phenoxy) is 2. The number of hydrogen-bond acceptors (Lipinski definition) is 5. The van der Waals surface area contributed by atoms with E-state index in [1.807, 2.05) is 48.2 Å². The number of methoxy groups -OCH3 is 1. The van der Waals surface area contributed by atoms with Crippen molar-refractivity contribution in [3.05, 3.63) is 58.6 Å². The maximum Gasteiger partial charge on any atom is 0.152 e. The van der Waals surface area contributed by atoms with Gasteiger partial charge in [0, 0.05) is 38.3 Å². The van der Waals surface area contributed by atoms with E-state index in [1.165, 1.54) is 0 Å². The fourth-order valence-corrected chi connectivity index (χ4v) is 4.72. The molecule has 2 aromatic carbocycles. The molecule has 0 amide bonds. The summed E-state index contributed by atoms with van der Waals surface area (Å²) in [6, 6.07) is 13.4. The van der Waals surface area contributed by atoms with Gasteiger partial charge in [0.2, 0.25) is 0 Å². The highest BCUT2D eigenvalue weighted by Crippen LogP contribution is 2.46. The average molecular weight is 448 g/mol. The Kier molecular flexibility index (Phi) is 8.76. The van der Waals surface area contributed by atoms with Gasteiger partial charge < -0.3 is 19.7 Å². The number of halogens is 1. The molecule has 1 heterocycles. The first-order valence-corrected chi connectivity index (χ1v) is 11.4. The number of nitrogens with zero attached hydrogens (tertiary/aromatic N) is 1. The van der Waals surface area contributed by atoms with Gasteiger partial charge >= 0.3 is 0 Å². The third kappa shape index (κ3) is 5.79. The van der Waals surface area contributed by atoms with Crippen molar-refractivity contribution in [3.8, 4) is 11.5 Å². The number of benzene rings is 2. The molecular formula is C25H34ClNO4. The topological polar surface area (TPSA) is 62.2 Å². The molecule has 0 spiro atoms. The lowest BCUT2D eigenvalue weighted by atomic mass is 9.73. The molecule has 0 radical (unpaired) electrons. The molecule has 1 aliphatic heterocycles. The Balaban J connectivity index is 1.99. The molecule has 2 aromatic rings. The highest BCUT2D eigenvalue weighted by atomic mass is 35.5. The van der Waals surface area contributed by atoms with Crippen molar-refractivity contribution in [2.24, 2.45) is 5.92 Å². The molecule has 6 heteroatoms. The number of aryl methyl sites for hydroxylation is 1. The van der Waals surface area contributed by atoms with Gasteiger partial charge in [0.1, 0.15) is 5.75 Å². The van der Waals surface area contributed by atoms with Crippen molar-refractivity contribution < 1.29 is 19.7 Å². The quantitative estimate of drug-likeness (QED) is 0.496. The molecule has 2 N–H and O–H groups in total. The second kappa shape index (κ2) is 11.3. The van der Waals surface area contributed by atoms with Crippen molar-refractivity contribution in [3.63, 3.8) is 0 Å². The molecule has 0 aromatic heterocycles. The molecule has 0 aliphatic carbocycles. The van der Waals surface area contributed by atoms with Crippen molar-refractivity contribution in [2.75, 3.05) is 33.5 Å². The van der Waals surface area contributed by atoms with E-state index in [0.717, 1.165) is 43.5 Å². The predicted octanol–water partition coefficient (Wildman–Crippen LogP) is 5.11. The summed E-state index contributed by atoms with van der Waals surface area (Å²) in [6.45, 7) is 4.12. The van der Waals surface area contributed by atoms with Gasteiger partial charge in [-0.1, -0.05) is 41.9 Å². The van der Waals surface area contributed by atoms with Crippen molar-refractivity contribution in [1.82, 2.24) is 4.90 Å². The van der Waals surface area contributed by atoms with Crippen LogP contribution in [-0.4, -0.2) is 48.6 Å². The average Bonchev–Trinajstić information content (AvgIpc) is 2.79. The fraction of sp³-hybridized carbons (Fsp3) is 0.520. The standard InChI is InChI=1S/C25H34ClNO4/c1-19-9-3-4-13-23(19)31-24-21(11-7-12-22(24)26)25(29,14-5-6-16-30-2)20-10-8-15-27(17-20)18-28/h3-4,7,9,11-13,20,28-29H,5-6,8,10,14-18H2,1-2H3. The summed E-state index contributed by atoms with van der Waals surface area (Å²) in [5, 5.41) is 22.4. The second-order valence-electron chi connectivity index (χ2n) is 8.42. The van der Waals surface area contributed by atoms with Gasteiger partial charge in [0.05, 0.1) is 17.4 Å². The van der Waals surface area contributed by atoms with Crippen molar-refractivity contribution in [2.45, 2.75) is 44.6 Å². The lowest BCUT2D eigenvalue weighted by molar-refractivity contribution is -0.0730. The Morgan fingerprint density at radius 3 is 2.71 bits per heavy atom. The van der Waals surface area contributed by atoms with Crippen LogP contribution in [0.25, 0.3) is 0 Å². The van der Waals surface area contributed by atoms with E-state index in [-0.39, 0.29) is 12.6 Å². The van der Waals surface area contributed by atoms with Crippen LogP contribution in [0, 0.1) is 12.8 Å². The largest absolute Gasteiger partial charge is 0.455 e. The number of unbranched alkanes of at least 4 members (excludes halogenated alkanes) is 1. The summed E-state index contributed by atoms with van der Waals surface area (Å²) in [6.07, 6.45) is 4.07. The molecular weight excluding hydrogens is 414 g/mol. The molecule has 1 fully saturated rings. The van der Waals surface area contributed by atoms with E-state index in [1.54, 1.807) is 13.2 Å². The fourth-order valence-electron chi connectivity index (χ4n) is 4.51. The van der Waals surface area contributed by atoms with E-state index in [9.17, 15) is 10.2 Å². The normalized spacial score (nSPS) is 19.2. The number of para-hydroxylation sites is 2. The van der Waals surface area contributed by atoms with Gasteiger partial charge in [-0.15, -0.1) is 0 Å². The molecule has 1 aliphatic rings. The van der Waals surface area contributed by atoms with Crippen LogP contribution in [0.5, 0.6) is 11.5 Å². The predicted molar refractivity (Wildman–Crippen MR) is 124 cm³/mol. The van der Waals surface area contributed by atoms with Gasteiger partial charge in [-0.2, -0.15) is 0 Å². The van der Waals surface area contributed by atoms with Crippen LogP contribution in [-0.2, 0) is 10.3 Å². The first-order chi connectivity index (χ1) is 15.0. The highest BCUT2D eigenvalue weighted by Gasteiger charge is 2.42. The Morgan fingerprint density at radius 2 is 1.97 bits per heavy atom. The van der Waals surface area contributed by atoms with Crippen molar-refractivity contribution >= 4 is 11.6 Å². The van der Waals surface area contributed by atoms with Crippen LogP contribution >= 0.6 is 11.6 Å². The smallest absolute Gasteiger partial charge is 0.152 e. The van der Waals surface area contributed by atoms with E-state index < -0.39 is 5.60 Å². The van der Waals surface area contributed by atoms with Gasteiger partial charge in [-0.3, -0.25) is 4.90 Å². The van der Waals surface area contributed by atoms with Crippen LogP contribution in [0.2, 0.25) is 5.02 Å². The van der Waals surface area contributed by atoms with E-state index in [0.29, 0.717) is 35.9 Å². The molecule has 2 unspecified atom stereocenters. The van der Waals surface area contributed by atoms with Crippen LogP contribution < -0.4 is 4.74 Å². The molecule has 0 saturated carbocycles. The Morgan fingerprint density at radius 1 is 1.16 bits per heavy atom. The third-order valence-electron chi connectivity index (χ3n) is 6.28. The molecule has 5 nitrogen and oxygen atoms in total. The molecule has 2 atom stereocenters. The maximum atomic E-state index is 12.2. The number of piperidine rings is 1. The minimum absolute atomic E-state index is 0.00162. The van der Waals surface area contributed by atoms with Crippen LogP contribution in [0.3, 0.4) is 0 Å². The molecule has 170 valence electrons. The van der Waals surface area contributed by atoms with Gasteiger partial charge in [-0.25, -0.2) is 0 Å². The number of likely N-dealkylation sites (tertiary alicyclic amines) is 1. The summed E-state index contributed by atoms with van der Waals surface area (Å²) < 4.78 is 11.5. The highest BCUT2D eigenvalue weighted by molar-refractivity contribution is 6.32. The summed E-state index contributed by atoms with van der Waals surface area (Å²) in [5.41, 5.74) is 0.594. The molecule has 1 saturated heterocycles. The summed E-state index contributed by atoms with van der Waals surface area (Å²) in [7, 11) is 1.69. The van der Waals surface area contributed by atoms with Crippen LogP contribution in [0.1, 0.15) is 43.2 Å². The summed E-state index contributed by atoms with van der Waals surface area (Å²) >= 11 is 6.61. The minimum Gasteiger partial charge on any atom is -0.455 e. The van der Waals surface area contributed by atoms with Crippen molar-refractivity contribution in [1.29, 1.82) is 0 Å². The zero-order chi connectivity index (χ0) is 22.3. The van der Waals surface area contributed by atoms with Gasteiger partial charge in [0.15, 0.2) is 5.75 Å². The molecule has 31 heavy (non-hydrogen) atoms. The van der Waals surface area contributed by atoms with Crippen LogP contribution in [0.15, 0.2) is 42.5 Å². The zero-order valence-corrected chi connectivity index (χ0v) is 19.3.